The van der Waals surface area contributed by atoms with Crippen LogP contribution in [0.15, 0.2) is 29.3 Å². The first-order valence-electron chi connectivity index (χ1n) is 6.76. The molecule has 0 bridgehead atoms. The summed E-state index contributed by atoms with van der Waals surface area (Å²) in [6.07, 6.45) is 0. The highest BCUT2D eigenvalue weighted by Gasteiger charge is 1.99. The minimum Gasteiger partial charge on any atom is -0.492 e. The Morgan fingerprint density at radius 3 is 2.65 bits per heavy atom. The third-order valence-corrected chi connectivity index (χ3v) is 2.55. The second-order valence-corrected chi connectivity index (χ2v) is 4.94. The Morgan fingerprint density at radius 1 is 1.30 bits per heavy atom. The first kappa shape index (κ1) is 19.0. The quantitative estimate of drug-likeness (QED) is 0.339. The molecule has 0 amide bonds. The van der Waals surface area contributed by atoms with E-state index in [4.69, 9.17) is 4.74 Å². The van der Waals surface area contributed by atoms with Crippen molar-refractivity contribution in [1.82, 2.24) is 10.6 Å². The van der Waals surface area contributed by atoms with E-state index in [1.807, 2.05) is 18.2 Å². The van der Waals surface area contributed by atoms with Gasteiger partial charge in [-0.3, -0.25) is 4.99 Å². The van der Waals surface area contributed by atoms with Crippen LogP contribution in [-0.4, -0.2) is 32.7 Å². The SMILES string of the molecule is CN=C(NCCOc1cccc(C)c1)NCC(C)C.I. The summed E-state index contributed by atoms with van der Waals surface area (Å²) >= 11 is 0. The lowest BCUT2D eigenvalue weighted by atomic mass is 10.2. The van der Waals surface area contributed by atoms with E-state index in [1.165, 1.54) is 5.56 Å². The molecule has 0 atom stereocenters. The monoisotopic (exact) mass is 391 g/mol. The third kappa shape index (κ3) is 8.24. The molecular weight excluding hydrogens is 365 g/mol. The van der Waals surface area contributed by atoms with Crippen LogP contribution < -0.4 is 15.4 Å². The zero-order valence-corrected chi connectivity index (χ0v) is 15.1. The van der Waals surface area contributed by atoms with Gasteiger partial charge in [0, 0.05) is 13.6 Å². The average molecular weight is 391 g/mol. The van der Waals surface area contributed by atoms with Crippen LogP contribution in [0, 0.1) is 12.8 Å². The van der Waals surface area contributed by atoms with E-state index in [-0.39, 0.29) is 24.0 Å². The number of aryl methyl sites for hydroxylation is 1. The van der Waals surface area contributed by atoms with Gasteiger partial charge in [-0.05, 0) is 30.5 Å². The molecule has 5 heteroatoms. The number of halogens is 1. The zero-order valence-electron chi connectivity index (χ0n) is 12.8. The maximum absolute atomic E-state index is 5.66. The Labute approximate surface area is 139 Å². The van der Waals surface area contributed by atoms with Crippen molar-refractivity contribution < 1.29 is 4.74 Å². The average Bonchev–Trinajstić information content (AvgIpc) is 2.38. The van der Waals surface area contributed by atoms with Crippen molar-refractivity contribution in [3.63, 3.8) is 0 Å². The number of nitrogens with zero attached hydrogens (tertiary/aromatic N) is 1. The standard InChI is InChI=1S/C15H25N3O.HI/c1-12(2)11-18-15(16-4)17-8-9-19-14-7-5-6-13(3)10-14;/h5-7,10,12H,8-9,11H2,1-4H3,(H2,16,17,18);1H. The fourth-order valence-electron chi connectivity index (χ4n) is 1.56. The number of hydrogen-bond acceptors (Lipinski definition) is 2. The van der Waals surface area contributed by atoms with Crippen molar-refractivity contribution in [3.8, 4) is 5.75 Å². The molecule has 114 valence electrons. The summed E-state index contributed by atoms with van der Waals surface area (Å²) in [5.41, 5.74) is 1.21. The first-order chi connectivity index (χ1) is 9.11. The van der Waals surface area contributed by atoms with Crippen LogP contribution in [0.4, 0.5) is 0 Å². The van der Waals surface area contributed by atoms with Crippen LogP contribution in [0.2, 0.25) is 0 Å². The molecule has 0 aliphatic heterocycles. The van der Waals surface area contributed by atoms with E-state index in [0.29, 0.717) is 12.5 Å². The van der Waals surface area contributed by atoms with Crippen LogP contribution in [0.1, 0.15) is 19.4 Å². The predicted molar refractivity (Wildman–Crippen MR) is 96.3 cm³/mol. The Morgan fingerprint density at radius 2 is 2.05 bits per heavy atom. The lowest BCUT2D eigenvalue weighted by Crippen LogP contribution is -2.40. The third-order valence-electron chi connectivity index (χ3n) is 2.55. The molecule has 0 heterocycles. The minimum absolute atomic E-state index is 0. The Balaban J connectivity index is 0.00000361. The van der Waals surface area contributed by atoms with Crippen molar-refractivity contribution in [2.75, 3.05) is 26.7 Å². The summed E-state index contributed by atoms with van der Waals surface area (Å²) in [5, 5.41) is 6.48. The fourth-order valence-corrected chi connectivity index (χ4v) is 1.56. The highest BCUT2D eigenvalue weighted by molar-refractivity contribution is 14.0. The summed E-state index contributed by atoms with van der Waals surface area (Å²) in [6.45, 7) is 8.65. The van der Waals surface area contributed by atoms with Crippen LogP contribution in [-0.2, 0) is 0 Å². The zero-order chi connectivity index (χ0) is 14.1. The molecule has 0 unspecified atom stereocenters. The molecule has 0 saturated carbocycles. The van der Waals surface area contributed by atoms with Gasteiger partial charge in [0.25, 0.3) is 0 Å². The van der Waals surface area contributed by atoms with Gasteiger partial charge in [0.1, 0.15) is 12.4 Å². The summed E-state index contributed by atoms with van der Waals surface area (Å²) < 4.78 is 5.66. The van der Waals surface area contributed by atoms with Crippen molar-refractivity contribution in [2.45, 2.75) is 20.8 Å². The molecule has 20 heavy (non-hydrogen) atoms. The van der Waals surface area contributed by atoms with Gasteiger partial charge < -0.3 is 15.4 Å². The number of guanidine groups is 1. The van der Waals surface area contributed by atoms with Crippen molar-refractivity contribution in [3.05, 3.63) is 29.8 Å². The van der Waals surface area contributed by atoms with Crippen molar-refractivity contribution in [1.29, 1.82) is 0 Å². The maximum Gasteiger partial charge on any atom is 0.191 e. The molecule has 4 nitrogen and oxygen atoms in total. The molecule has 0 aliphatic rings. The molecule has 1 rings (SSSR count). The Bertz CT molecular complexity index is 408. The molecule has 0 radical (unpaired) electrons. The van der Waals surface area contributed by atoms with Gasteiger partial charge >= 0.3 is 0 Å². The van der Waals surface area contributed by atoms with E-state index in [0.717, 1.165) is 24.8 Å². The van der Waals surface area contributed by atoms with Gasteiger partial charge in [-0.25, -0.2) is 0 Å². The van der Waals surface area contributed by atoms with Gasteiger partial charge in [-0.2, -0.15) is 0 Å². The highest BCUT2D eigenvalue weighted by atomic mass is 127. The second kappa shape index (κ2) is 10.8. The van der Waals surface area contributed by atoms with Crippen LogP contribution in [0.3, 0.4) is 0 Å². The van der Waals surface area contributed by atoms with Crippen molar-refractivity contribution in [2.24, 2.45) is 10.9 Å². The highest BCUT2D eigenvalue weighted by Crippen LogP contribution is 2.11. The molecule has 0 spiro atoms. The number of nitrogens with one attached hydrogen (secondary N) is 2. The normalized spacial score (nSPS) is 10.9. The lowest BCUT2D eigenvalue weighted by Gasteiger charge is -2.13. The van der Waals surface area contributed by atoms with E-state index in [9.17, 15) is 0 Å². The van der Waals surface area contributed by atoms with E-state index >= 15 is 0 Å². The second-order valence-electron chi connectivity index (χ2n) is 4.94. The summed E-state index contributed by atoms with van der Waals surface area (Å²) in [4.78, 5) is 4.16. The molecule has 0 saturated heterocycles. The Kier molecular flexibility index (Phi) is 10.2. The number of rotatable bonds is 6. The number of hydrogen-bond donors (Lipinski definition) is 2. The molecule has 1 aromatic carbocycles. The first-order valence-corrected chi connectivity index (χ1v) is 6.76. The predicted octanol–water partition coefficient (Wildman–Crippen LogP) is 2.81. The van der Waals surface area contributed by atoms with E-state index in [1.54, 1.807) is 7.05 Å². The molecule has 0 aliphatic carbocycles. The summed E-state index contributed by atoms with van der Waals surface area (Å²) in [6, 6.07) is 8.06. The van der Waals surface area contributed by atoms with Gasteiger partial charge in [-0.1, -0.05) is 26.0 Å². The minimum atomic E-state index is 0. The van der Waals surface area contributed by atoms with Crippen LogP contribution in [0.25, 0.3) is 0 Å². The number of benzene rings is 1. The summed E-state index contributed by atoms with van der Waals surface area (Å²) in [5.74, 6) is 2.33. The molecular formula is C15H26IN3O. The smallest absolute Gasteiger partial charge is 0.191 e. The van der Waals surface area contributed by atoms with Gasteiger partial charge in [0.2, 0.25) is 0 Å². The number of ether oxygens (including phenoxy) is 1. The van der Waals surface area contributed by atoms with E-state index < -0.39 is 0 Å². The Hall–Kier alpha value is -0.980. The maximum atomic E-state index is 5.66. The van der Waals surface area contributed by atoms with Crippen LogP contribution in [0.5, 0.6) is 5.75 Å². The summed E-state index contributed by atoms with van der Waals surface area (Å²) in [7, 11) is 1.77. The van der Waals surface area contributed by atoms with E-state index in [2.05, 4.69) is 42.5 Å². The van der Waals surface area contributed by atoms with Gasteiger partial charge in [0.05, 0.1) is 6.54 Å². The van der Waals surface area contributed by atoms with Gasteiger partial charge in [-0.15, -0.1) is 24.0 Å². The lowest BCUT2D eigenvalue weighted by molar-refractivity contribution is 0.321. The topological polar surface area (TPSA) is 45.7 Å². The number of aliphatic imine (C=N–C) groups is 1. The molecule has 2 N–H and O–H groups in total. The fraction of sp³-hybridized carbons (Fsp3) is 0.533. The molecule has 0 aromatic heterocycles. The van der Waals surface area contributed by atoms with Crippen molar-refractivity contribution >= 4 is 29.9 Å². The molecule has 1 aromatic rings. The van der Waals surface area contributed by atoms with Gasteiger partial charge in [0.15, 0.2) is 5.96 Å². The molecule has 0 fully saturated rings. The van der Waals surface area contributed by atoms with Crippen LogP contribution >= 0.6 is 24.0 Å². The largest absolute Gasteiger partial charge is 0.492 e.